The van der Waals surface area contributed by atoms with E-state index in [1.54, 1.807) is 24.3 Å². The van der Waals surface area contributed by atoms with E-state index in [4.69, 9.17) is 4.74 Å². The van der Waals surface area contributed by atoms with E-state index in [1.165, 1.54) is 0 Å². The van der Waals surface area contributed by atoms with Crippen LogP contribution >= 0.6 is 0 Å². The predicted molar refractivity (Wildman–Crippen MR) is 109 cm³/mol. The van der Waals surface area contributed by atoms with Crippen molar-refractivity contribution in [1.82, 2.24) is 0 Å². The highest BCUT2D eigenvalue weighted by Crippen LogP contribution is 2.29. The summed E-state index contributed by atoms with van der Waals surface area (Å²) < 4.78 is 31.2. The van der Waals surface area contributed by atoms with E-state index in [0.29, 0.717) is 17.7 Å². The fraction of sp³-hybridized carbons (Fsp3) is 0.409. The fourth-order valence-corrected chi connectivity index (χ4v) is 6.00. The van der Waals surface area contributed by atoms with Crippen molar-refractivity contribution in [2.75, 3.05) is 5.32 Å². The zero-order valence-electron chi connectivity index (χ0n) is 15.8. The highest BCUT2D eigenvalue weighted by atomic mass is 32.2. The predicted octanol–water partition coefficient (Wildman–Crippen LogP) is 3.88. The Kier molecular flexibility index (Phi) is 5.40. The number of amides is 1. The zero-order valence-corrected chi connectivity index (χ0v) is 16.6. The third-order valence-corrected chi connectivity index (χ3v) is 7.78. The second-order valence-corrected chi connectivity index (χ2v) is 9.96. The van der Waals surface area contributed by atoms with Gasteiger partial charge in [0, 0.05) is 12.1 Å². The number of hydrogen-bond acceptors (Lipinski definition) is 4. The van der Waals surface area contributed by atoms with Gasteiger partial charge in [0.2, 0.25) is 0 Å². The highest BCUT2D eigenvalue weighted by Gasteiger charge is 2.29. The van der Waals surface area contributed by atoms with Crippen LogP contribution in [0.5, 0.6) is 5.75 Å². The Labute approximate surface area is 166 Å². The Bertz CT molecular complexity index is 939. The van der Waals surface area contributed by atoms with E-state index in [2.05, 4.69) is 5.32 Å². The number of fused-ring (bicyclic) bond motifs is 1. The second-order valence-electron chi connectivity index (χ2n) is 7.68. The van der Waals surface area contributed by atoms with Crippen LogP contribution in [0.15, 0.2) is 48.5 Å². The fourth-order valence-electron chi connectivity index (χ4n) is 4.06. The summed E-state index contributed by atoms with van der Waals surface area (Å²) in [4.78, 5) is 12.6. The number of para-hydroxylation sites is 1. The summed E-state index contributed by atoms with van der Waals surface area (Å²) in [5, 5.41) is 2.63. The van der Waals surface area contributed by atoms with Crippen molar-refractivity contribution < 1.29 is 17.9 Å². The van der Waals surface area contributed by atoms with Crippen molar-refractivity contribution in [2.24, 2.45) is 0 Å². The number of carbonyl (C=O) groups is 1. The summed E-state index contributed by atoms with van der Waals surface area (Å²) in [6.07, 6.45) is 4.61. The van der Waals surface area contributed by atoms with Crippen LogP contribution in [0.4, 0.5) is 5.69 Å². The van der Waals surface area contributed by atoms with E-state index in [-0.39, 0.29) is 16.9 Å². The summed E-state index contributed by atoms with van der Waals surface area (Å²) in [6.45, 7) is 0. The van der Waals surface area contributed by atoms with Crippen molar-refractivity contribution in [3.63, 3.8) is 0 Å². The van der Waals surface area contributed by atoms with E-state index in [0.717, 1.165) is 43.4 Å². The van der Waals surface area contributed by atoms with Gasteiger partial charge in [0.15, 0.2) is 15.9 Å². The molecule has 1 aliphatic heterocycles. The van der Waals surface area contributed by atoms with Crippen molar-refractivity contribution >= 4 is 21.4 Å². The Morgan fingerprint density at radius 1 is 1.04 bits per heavy atom. The standard InChI is InChI=1S/C22H25NO4S/c24-22(21-14-17-8-4-5-12-20(17)27-21)23-18-9-6-7-16(13-18)15-28(25,26)19-10-2-1-3-11-19/h4-9,12-13,19,21H,1-3,10-11,14-15H2,(H,23,24). The lowest BCUT2D eigenvalue weighted by molar-refractivity contribution is -0.122. The minimum atomic E-state index is -3.17. The van der Waals surface area contributed by atoms with Crippen LogP contribution in [-0.4, -0.2) is 25.7 Å². The molecule has 148 valence electrons. The molecule has 2 aromatic carbocycles. The summed E-state index contributed by atoms with van der Waals surface area (Å²) in [5.41, 5.74) is 2.33. The van der Waals surface area contributed by atoms with Crippen LogP contribution < -0.4 is 10.1 Å². The normalized spacial score (nSPS) is 19.6. The maximum Gasteiger partial charge on any atom is 0.265 e. The number of nitrogens with one attached hydrogen (secondary N) is 1. The van der Waals surface area contributed by atoms with Crippen molar-refractivity contribution in [3.05, 3.63) is 59.7 Å². The third kappa shape index (κ3) is 4.22. The molecule has 0 bridgehead atoms. The monoisotopic (exact) mass is 399 g/mol. The molecule has 4 rings (SSSR count). The van der Waals surface area contributed by atoms with Gasteiger partial charge in [-0.2, -0.15) is 0 Å². The Morgan fingerprint density at radius 3 is 2.61 bits per heavy atom. The molecule has 6 heteroatoms. The molecule has 0 saturated heterocycles. The van der Waals surface area contributed by atoms with Gasteiger partial charge in [0.1, 0.15) is 5.75 Å². The number of carbonyl (C=O) groups excluding carboxylic acids is 1. The number of ether oxygens (including phenoxy) is 1. The van der Waals surface area contributed by atoms with Gasteiger partial charge in [-0.15, -0.1) is 0 Å². The van der Waals surface area contributed by atoms with E-state index in [9.17, 15) is 13.2 Å². The van der Waals surface area contributed by atoms with Crippen molar-refractivity contribution in [2.45, 2.75) is 55.6 Å². The Morgan fingerprint density at radius 2 is 1.82 bits per heavy atom. The first-order valence-corrected chi connectivity index (χ1v) is 11.6. The van der Waals surface area contributed by atoms with Crippen LogP contribution in [0, 0.1) is 0 Å². The van der Waals surface area contributed by atoms with Gasteiger partial charge in [-0.3, -0.25) is 4.79 Å². The van der Waals surface area contributed by atoms with Crippen molar-refractivity contribution in [1.29, 1.82) is 0 Å². The minimum absolute atomic E-state index is 0.0206. The van der Waals surface area contributed by atoms with Crippen LogP contribution in [-0.2, 0) is 26.8 Å². The summed E-state index contributed by atoms with van der Waals surface area (Å²) >= 11 is 0. The number of anilines is 1. The average Bonchev–Trinajstić information content (AvgIpc) is 3.13. The first-order chi connectivity index (χ1) is 13.5. The van der Waals surface area contributed by atoms with Gasteiger partial charge in [0.05, 0.1) is 11.0 Å². The van der Waals surface area contributed by atoms with Crippen LogP contribution in [0.1, 0.15) is 43.2 Å². The molecule has 1 amide bonds. The highest BCUT2D eigenvalue weighted by molar-refractivity contribution is 7.91. The first-order valence-electron chi connectivity index (χ1n) is 9.87. The van der Waals surface area contributed by atoms with Gasteiger partial charge in [0.25, 0.3) is 5.91 Å². The van der Waals surface area contributed by atoms with Gasteiger partial charge in [-0.05, 0) is 42.2 Å². The van der Waals surface area contributed by atoms with Gasteiger partial charge in [-0.1, -0.05) is 49.6 Å². The van der Waals surface area contributed by atoms with Crippen molar-refractivity contribution in [3.8, 4) is 5.75 Å². The summed E-state index contributed by atoms with van der Waals surface area (Å²) in [6, 6.07) is 14.7. The minimum Gasteiger partial charge on any atom is -0.480 e. The molecular formula is C22H25NO4S. The van der Waals surface area contributed by atoms with E-state index < -0.39 is 15.9 Å². The molecule has 1 fully saturated rings. The van der Waals surface area contributed by atoms with Crippen LogP contribution in [0.2, 0.25) is 0 Å². The number of rotatable bonds is 5. The second kappa shape index (κ2) is 7.95. The molecule has 2 aromatic rings. The zero-order chi connectivity index (χ0) is 19.6. The van der Waals surface area contributed by atoms with Crippen LogP contribution in [0.3, 0.4) is 0 Å². The first kappa shape index (κ1) is 19.0. The summed E-state index contributed by atoms with van der Waals surface area (Å²) in [5.74, 6) is 0.547. The topological polar surface area (TPSA) is 72.5 Å². The third-order valence-electron chi connectivity index (χ3n) is 5.56. The molecule has 1 N–H and O–H groups in total. The maximum absolute atomic E-state index is 12.7. The van der Waals surface area contributed by atoms with Crippen LogP contribution in [0.25, 0.3) is 0 Å². The quantitative estimate of drug-likeness (QED) is 0.828. The molecule has 2 aliphatic rings. The molecule has 0 radical (unpaired) electrons. The number of hydrogen-bond donors (Lipinski definition) is 1. The molecule has 5 nitrogen and oxygen atoms in total. The van der Waals surface area contributed by atoms with Gasteiger partial charge < -0.3 is 10.1 Å². The number of sulfone groups is 1. The smallest absolute Gasteiger partial charge is 0.265 e. The molecule has 0 spiro atoms. The molecule has 1 atom stereocenters. The lowest BCUT2D eigenvalue weighted by atomic mass is 10.0. The lowest BCUT2D eigenvalue weighted by Gasteiger charge is -2.21. The maximum atomic E-state index is 12.7. The molecule has 0 aromatic heterocycles. The Hall–Kier alpha value is -2.34. The molecule has 28 heavy (non-hydrogen) atoms. The molecule has 1 saturated carbocycles. The van der Waals surface area contributed by atoms with Gasteiger partial charge in [-0.25, -0.2) is 8.42 Å². The molecular weight excluding hydrogens is 374 g/mol. The van der Waals surface area contributed by atoms with E-state index >= 15 is 0 Å². The van der Waals surface area contributed by atoms with Gasteiger partial charge >= 0.3 is 0 Å². The molecule has 1 heterocycles. The average molecular weight is 400 g/mol. The molecule has 1 aliphatic carbocycles. The molecule has 1 unspecified atom stereocenters. The number of benzene rings is 2. The SMILES string of the molecule is O=C(Nc1cccc(CS(=O)(=O)C2CCCCC2)c1)C1Cc2ccccc2O1. The largest absolute Gasteiger partial charge is 0.480 e. The summed E-state index contributed by atoms with van der Waals surface area (Å²) in [7, 11) is -3.17. The van der Waals surface area contributed by atoms with E-state index in [1.807, 2.05) is 24.3 Å². The lowest BCUT2D eigenvalue weighted by Crippen LogP contribution is -2.31. The Balaban J connectivity index is 1.41.